The second-order valence-corrected chi connectivity index (χ2v) is 6.57. The van der Waals surface area contributed by atoms with E-state index in [1.165, 1.54) is 25.3 Å². The summed E-state index contributed by atoms with van der Waals surface area (Å²) in [5, 5.41) is 9.86. The number of rotatable bonds is 5. The van der Waals surface area contributed by atoms with Gasteiger partial charge >= 0.3 is 0 Å². The van der Waals surface area contributed by atoms with E-state index in [4.69, 9.17) is 0 Å². The lowest BCUT2D eigenvalue weighted by Crippen LogP contribution is -2.15. The molecule has 150 valence electrons. The third-order valence-electron chi connectivity index (χ3n) is 4.37. The van der Waals surface area contributed by atoms with Crippen LogP contribution in [0, 0.1) is 5.82 Å². The van der Waals surface area contributed by atoms with Gasteiger partial charge in [-0.1, -0.05) is 0 Å². The van der Waals surface area contributed by atoms with Crippen LogP contribution in [0.3, 0.4) is 0 Å². The van der Waals surface area contributed by atoms with Gasteiger partial charge in [-0.05, 0) is 60.7 Å². The van der Waals surface area contributed by atoms with Gasteiger partial charge in [0.1, 0.15) is 11.4 Å². The lowest BCUT2D eigenvalue weighted by atomic mass is 10.2. The summed E-state index contributed by atoms with van der Waals surface area (Å²) in [5.41, 5.74) is 2.18. The van der Waals surface area contributed by atoms with Gasteiger partial charge in [-0.3, -0.25) is 9.59 Å². The van der Waals surface area contributed by atoms with Crippen molar-refractivity contribution in [1.29, 1.82) is 0 Å². The Bertz CT molecular complexity index is 1180. The number of hydrogen-bond donors (Lipinski definition) is 2. The molecule has 2 amide bonds. The van der Waals surface area contributed by atoms with Gasteiger partial charge in [0.15, 0.2) is 5.82 Å². The van der Waals surface area contributed by atoms with Crippen LogP contribution in [-0.4, -0.2) is 26.2 Å². The summed E-state index contributed by atoms with van der Waals surface area (Å²) in [6.45, 7) is 1.43. The summed E-state index contributed by atoms with van der Waals surface area (Å²) in [6.07, 6.45) is 5.08. The molecular formula is C22H18FN5O2. The predicted molar refractivity (Wildman–Crippen MR) is 112 cm³/mol. The first kappa shape index (κ1) is 19.1. The highest BCUT2D eigenvalue weighted by molar-refractivity contribution is 6.06. The van der Waals surface area contributed by atoms with Gasteiger partial charge in [0.25, 0.3) is 5.91 Å². The number of halogens is 1. The van der Waals surface area contributed by atoms with Gasteiger partial charge in [-0.15, -0.1) is 0 Å². The zero-order valence-corrected chi connectivity index (χ0v) is 16.0. The van der Waals surface area contributed by atoms with E-state index in [1.54, 1.807) is 58.0 Å². The molecule has 2 aromatic heterocycles. The van der Waals surface area contributed by atoms with Crippen molar-refractivity contribution in [1.82, 2.24) is 14.3 Å². The van der Waals surface area contributed by atoms with Crippen LogP contribution in [0.5, 0.6) is 0 Å². The van der Waals surface area contributed by atoms with Gasteiger partial charge in [0.2, 0.25) is 5.91 Å². The zero-order chi connectivity index (χ0) is 21.1. The number of aromatic nitrogens is 3. The van der Waals surface area contributed by atoms with Crippen molar-refractivity contribution in [3.8, 4) is 11.5 Å². The predicted octanol–water partition coefficient (Wildman–Crippen LogP) is 4.01. The van der Waals surface area contributed by atoms with E-state index < -0.39 is 0 Å². The normalized spacial score (nSPS) is 10.6. The molecule has 2 aromatic carbocycles. The molecule has 7 nitrogen and oxygen atoms in total. The standard InChI is InChI=1S/C22H18FN5O2/c1-15(29)25-17-6-8-18(9-7-17)26-21(30)20-14-24-28(19-10-4-16(23)5-11-19)22(20)27-12-2-3-13-27/h2-14H,1H3,(H,25,29)(H,26,30). The maximum Gasteiger partial charge on any atom is 0.261 e. The Morgan fingerprint density at radius 3 is 2.10 bits per heavy atom. The van der Waals surface area contributed by atoms with Crippen molar-refractivity contribution in [3.63, 3.8) is 0 Å². The molecule has 0 saturated heterocycles. The molecule has 0 atom stereocenters. The van der Waals surface area contributed by atoms with Crippen LogP contribution in [0.1, 0.15) is 17.3 Å². The molecular weight excluding hydrogens is 385 g/mol. The van der Waals surface area contributed by atoms with E-state index >= 15 is 0 Å². The summed E-state index contributed by atoms with van der Waals surface area (Å²) >= 11 is 0. The minimum absolute atomic E-state index is 0.170. The second-order valence-electron chi connectivity index (χ2n) is 6.57. The molecule has 30 heavy (non-hydrogen) atoms. The smallest absolute Gasteiger partial charge is 0.261 e. The van der Waals surface area contributed by atoms with Crippen LogP contribution >= 0.6 is 0 Å². The SMILES string of the molecule is CC(=O)Nc1ccc(NC(=O)c2cnn(-c3ccc(F)cc3)c2-n2cccc2)cc1. The largest absolute Gasteiger partial charge is 0.326 e. The monoisotopic (exact) mass is 403 g/mol. The van der Waals surface area contributed by atoms with Crippen LogP contribution in [0.25, 0.3) is 11.5 Å². The first-order valence-corrected chi connectivity index (χ1v) is 9.17. The summed E-state index contributed by atoms with van der Waals surface area (Å²) in [7, 11) is 0. The second kappa shape index (κ2) is 8.04. The fourth-order valence-electron chi connectivity index (χ4n) is 3.04. The van der Waals surface area contributed by atoms with Crippen LogP contribution in [-0.2, 0) is 4.79 Å². The van der Waals surface area contributed by atoms with E-state index in [2.05, 4.69) is 15.7 Å². The molecule has 0 radical (unpaired) electrons. The highest BCUT2D eigenvalue weighted by Gasteiger charge is 2.20. The number of anilines is 2. The Morgan fingerprint density at radius 2 is 1.50 bits per heavy atom. The van der Waals surface area contributed by atoms with E-state index in [1.807, 2.05) is 12.1 Å². The topological polar surface area (TPSA) is 81.0 Å². The highest BCUT2D eigenvalue weighted by atomic mass is 19.1. The Balaban J connectivity index is 1.66. The molecule has 0 aliphatic rings. The Kier molecular flexibility index (Phi) is 5.13. The molecule has 8 heteroatoms. The molecule has 4 aromatic rings. The molecule has 0 spiro atoms. The van der Waals surface area contributed by atoms with Gasteiger partial charge in [0, 0.05) is 30.7 Å². The van der Waals surface area contributed by atoms with Gasteiger partial charge in [-0.25, -0.2) is 9.07 Å². The Labute approximate surface area is 171 Å². The van der Waals surface area contributed by atoms with Gasteiger partial charge in [0.05, 0.1) is 11.9 Å². The number of nitrogens with one attached hydrogen (secondary N) is 2. The molecule has 2 N–H and O–H groups in total. The first-order chi connectivity index (χ1) is 14.5. The lowest BCUT2D eigenvalue weighted by Gasteiger charge is -2.11. The van der Waals surface area contributed by atoms with E-state index in [9.17, 15) is 14.0 Å². The van der Waals surface area contributed by atoms with E-state index in [0.717, 1.165) is 0 Å². The molecule has 4 rings (SSSR count). The summed E-state index contributed by atoms with van der Waals surface area (Å²) < 4.78 is 16.7. The average Bonchev–Trinajstić information content (AvgIpc) is 3.39. The van der Waals surface area contributed by atoms with E-state index in [0.29, 0.717) is 28.4 Å². The number of hydrogen-bond acceptors (Lipinski definition) is 3. The summed E-state index contributed by atoms with van der Waals surface area (Å²) in [5.74, 6) is -0.344. The van der Waals surface area contributed by atoms with Crippen molar-refractivity contribution in [2.75, 3.05) is 10.6 Å². The van der Waals surface area contributed by atoms with Crippen molar-refractivity contribution in [3.05, 3.63) is 90.6 Å². The van der Waals surface area contributed by atoms with Crippen molar-refractivity contribution < 1.29 is 14.0 Å². The average molecular weight is 403 g/mol. The molecule has 0 fully saturated rings. The van der Waals surface area contributed by atoms with Crippen molar-refractivity contribution >= 4 is 23.2 Å². The highest BCUT2D eigenvalue weighted by Crippen LogP contribution is 2.22. The van der Waals surface area contributed by atoms with Crippen molar-refractivity contribution in [2.45, 2.75) is 6.92 Å². The van der Waals surface area contributed by atoms with Gasteiger partial charge in [-0.2, -0.15) is 5.10 Å². The zero-order valence-electron chi connectivity index (χ0n) is 16.0. The number of carbonyl (C=O) groups excluding carboxylic acids is 2. The summed E-state index contributed by atoms with van der Waals surface area (Å²) in [6, 6.07) is 16.3. The third kappa shape index (κ3) is 3.97. The van der Waals surface area contributed by atoms with Crippen LogP contribution < -0.4 is 10.6 Å². The molecule has 0 saturated carbocycles. The van der Waals surface area contributed by atoms with Crippen LogP contribution in [0.2, 0.25) is 0 Å². The quantitative estimate of drug-likeness (QED) is 0.528. The fourth-order valence-corrected chi connectivity index (χ4v) is 3.04. The Morgan fingerprint density at radius 1 is 0.900 bits per heavy atom. The molecule has 0 aliphatic heterocycles. The maximum absolute atomic E-state index is 13.3. The van der Waals surface area contributed by atoms with Crippen molar-refractivity contribution in [2.24, 2.45) is 0 Å². The summed E-state index contributed by atoms with van der Waals surface area (Å²) in [4.78, 5) is 24.1. The number of carbonyl (C=O) groups is 2. The number of amides is 2. The number of nitrogens with zero attached hydrogens (tertiary/aromatic N) is 3. The minimum Gasteiger partial charge on any atom is -0.326 e. The molecule has 2 heterocycles. The Hall–Kier alpha value is -4.20. The maximum atomic E-state index is 13.3. The van der Waals surface area contributed by atoms with Gasteiger partial charge < -0.3 is 15.2 Å². The number of benzene rings is 2. The van der Waals surface area contributed by atoms with Crippen LogP contribution in [0.4, 0.5) is 15.8 Å². The third-order valence-corrected chi connectivity index (χ3v) is 4.37. The molecule has 0 bridgehead atoms. The molecule has 0 aliphatic carbocycles. The lowest BCUT2D eigenvalue weighted by molar-refractivity contribution is -0.114. The fraction of sp³-hybridized carbons (Fsp3) is 0.0455. The van der Waals surface area contributed by atoms with Crippen LogP contribution in [0.15, 0.2) is 79.3 Å². The van der Waals surface area contributed by atoms with E-state index in [-0.39, 0.29) is 17.6 Å². The molecule has 0 unspecified atom stereocenters. The minimum atomic E-state index is -0.353. The first-order valence-electron chi connectivity index (χ1n) is 9.17.